The molecule has 24 heavy (non-hydrogen) atoms. The molecule has 2 rings (SSSR count). The summed E-state index contributed by atoms with van der Waals surface area (Å²) in [5.74, 6) is -1.48. The summed E-state index contributed by atoms with van der Waals surface area (Å²) in [7, 11) is -3.61. The average molecular weight is 395 g/mol. The highest BCUT2D eigenvalue weighted by molar-refractivity contribution is 7.91. The van der Waals surface area contributed by atoms with E-state index in [4.69, 9.17) is 23.2 Å². The van der Waals surface area contributed by atoms with Crippen LogP contribution >= 0.6 is 23.2 Å². The normalized spacial score (nSPS) is 13.0. The van der Waals surface area contributed by atoms with Crippen molar-refractivity contribution in [2.24, 2.45) is 0 Å². The van der Waals surface area contributed by atoms with Gasteiger partial charge in [0.25, 0.3) is 0 Å². The lowest BCUT2D eigenvalue weighted by Crippen LogP contribution is -2.85. The van der Waals surface area contributed by atoms with Gasteiger partial charge in [0, 0.05) is 16.7 Å². The topological polar surface area (TPSA) is 50.8 Å². The third-order valence-electron chi connectivity index (χ3n) is 3.59. The standard InChI is InChI=1S/C16H15Cl2F2NO2S/c1-10(13-4-3-12(19)9-15(13)20)21-6-7-24(22,23)16-8-11(17)2-5-14(16)18/h2-5,8-10,21H,6-7H2,1H3/p+1/t10-/m0/s1. The van der Waals surface area contributed by atoms with Crippen LogP contribution in [0.15, 0.2) is 41.3 Å². The van der Waals surface area contributed by atoms with Crippen LogP contribution in [-0.4, -0.2) is 20.7 Å². The highest BCUT2D eigenvalue weighted by Crippen LogP contribution is 2.25. The zero-order valence-corrected chi connectivity index (χ0v) is 15.1. The van der Waals surface area contributed by atoms with Crippen molar-refractivity contribution in [2.45, 2.75) is 17.9 Å². The lowest BCUT2D eigenvalue weighted by Gasteiger charge is -2.12. The van der Waals surface area contributed by atoms with Crippen LogP contribution in [0.5, 0.6) is 0 Å². The zero-order chi connectivity index (χ0) is 17.9. The highest BCUT2D eigenvalue weighted by Gasteiger charge is 2.21. The Hall–Kier alpha value is -1.21. The molecule has 3 nitrogen and oxygen atoms in total. The third-order valence-corrected chi connectivity index (χ3v) is 6.05. The molecule has 0 saturated carbocycles. The molecule has 0 saturated heterocycles. The Balaban J connectivity index is 2.03. The van der Waals surface area contributed by atoms with Crippen LogP contribution in [-0.2, 0) is 9.84 Å². The molecule has 8 heteroatoms. The summed E-state index contributed by atoms with van der Waals surface area (Å²) < 4.78 is 51.3. The zero-order valence-electron chi connectivity index (χ0n) is 12.8. The lowest BCUT2D eigenvalue weighted by molar-refractivity contribution is -0.689. The van der Waals surface area contributed by atoms with Gasteiger partial charge >= 0.3 is 0 Å². The van der Waals surface area contributed by atoms with E-state index in [0.717, 1.165) is 6.07 Å². The first kappa shape index (κ1) is 19.1. The van der Waals surface area contributed by atoms with E-state index < -0.39 is 21.5 Å². The van der Waals surface area contributed by atoms with Crippen LogP contribution in [0.2, 0.25) is 10.0 Å². The van der Waals surface area contributed by atoms with Crippen molar-refractivity contribution >= 4 is 33.0 Å². The Bertz CT molecular complexity index is 844. The molecule has 0 fully saturated rings. The quantitative estimate of drug-likeness (QED) is 0.816. The summed E-state index contributed by atoms with van der Waals surface area (Å²) in [4.78, 5) is -0.0225. The van der Waals surface area contributed by atoms with Gasteiger partial charge in [0.05, 0.1) is 16.5 Å². The maximum Gasteiger partial charge on any atom is 0.185 e. The van der Waals surface area contributed by atoms with Gasteiger partial charge in [-0.1, -0.05) is 23.2 Å². The molecule has 0 spiro atoms. The molecule has 1 atom stereocenters. The second-order valence-electron chi connectivity index (χ2n) is 5.37. The molecular weight excluding hydrogens is 379 g/mol. The van der Waals surface area contributed by atoms with E-state index >= 15 is 0 Å². The van der Waals surface area contributed by atoms with Gasteiger partial charge in [-0.05, 0) is 37.3 Å². The molecule has 0 aliphatic carbocycles. The van der Waals surface area contributed by atoms with Gasteiger partial charge in [0.2, 0.25) is 0 Å². The lowest BCUT2D eigenvalue weighted by atomic mass is 10.1. The van der Waals surface area contributed by atoms with Crippen molar-refractivity contribution in [1.29, 1.82) is 0 Å². The van der Waals surface area contributed by atoms with Crippen molar-refractivity contribution in [3.8, 4) is 0 Å². The van der Waals surface area contributed by atoms with Gasteiger partial charge < -0.3 is 5.32 Å². The Morgan fingerprint density at radius 1 is 1.12 bits per heavy atom. The van der Waals surface area contributed by atoms with Crippen molar-refractivity contribution in [1.82, 2.24) is 0 Å². The monoisotopic (exact) mass is 394 g/mol. The molecule has 0 unspecified atom stereocenters. The van der Waals surface area contributed by atoms with Gasteiger partial charge in [-0.3, -0.25) is 0 Å². The fourth-order valence-electron chi connectivity index (χ4n) is 2.30. The number of halogens is 4. The van der Waals surface area contributed by atoms with E-state index in [1.54, 1.807) is 12.2 Å². The summed E-state index contributed by atoms with van der Waals surface area (Å²) >= 11 is 11.7. The summed E-state index contributed by atoms with van der Waals surface area (Å²) in [6.45, 7) is 1.92. The number of sulfone groups is 1. The Morgan fingerprint density at radius 2 is 1.83 bits per heavy atom. The minimum atomic E-state index is -3.61. The molecule has 0 bridgehead atoms. The first-order valence-electron chi connectivity index (χ1n) is 7.17. The molecule has 0 heterocycles. The van der Waals surface area contributed by atoms with E-state index in [2.05, 4.69) is 0 Å². The highest BCUT2D eigenvalue weighted by atomic mass is 35.5. The maximum absolute atomic E-state index is 13.7. The summed E-state index contributed by atoms with van der Waals surface area (Å²) in [5.41, 5.74) is 0.314. The first-order valence-corrected chi connectivity index (χ1v) is 9.57. The van der Waals surface area contributed by atoms with Crippen LogP contribution in [0.3, 0.4) is 0 Å². The van der Waals surface area contributed by atoms with Crippen LogP contribution in [0, 0.1) is 11.6 Å². The number of hydrogen-bond donors (Lipinski definition) is 1. The van der Waals surface area contributed by atoms with Crippen molar-refractivity contribution in [3.63, 3.8) is 0 Å². The van der Waals surface area contributed by atoms with Crippen LogP contribution in [0.1, 0.15) is 18.5 Å². The van der Waals surface area contributed by atoms with E-state index in [9.17, 15) is 17.2 Å². The Labute approximate surface area is 149 Å². The van der Waals surface area contributed by atoms with E-state index in [1.807, 2.05) is 0 Å². The summed E-state index contributed by atoms with van der Waals surface area (Å²) in [5, 5.41) is 2.06. The fourth-order valence-corrected chi connectivity index (χ4v) is 4.34. The first-order chi connectivity index (χ1) is 11.2. The molecule has 2 N–H and O–H groups in total. The predicted octanol–water partition coefficient (Wildman–Crippen LogP) is 3.37. The second kappa shape index (κ2) is 7.78. The molecule has 130 valence electrons. The van der Waals surface area contributed by atoms with Crippen molar-refractivity contribution in [3.05, 3.63) is 63.6 Å². The van der Waals surface area contributed by atoms with Crippen LogP contribution in [0.25, 0.3) is 0 Å². The molecule has 2 aromatic carbocycles. The van der Waals surface area contributed by atoms with Gasteiger partial charge in [-0.2, -0.15) is 0 Å². The molecular formula is C16H16Cl2F2NO2S+. The Morgan fingerprint density at radius 3 is 2.50 bits per heavy atom. The van der Waals surface area contributed by atoms with Gasteiger partial charge in [0.15, 0.2) is 9.84 Å². The van der Waals surface area contributed by atoms with Gasteiger partial charge in [-0.15, -0.1) is 0 Å². The largest absolute Gasteiger partial charge is 0.339 e. The molecule has 0 amide bonds. The van der Waals surface area contributed by atoms with E-state index in [1.165, 1.54) is 30.3 Å². The predicted molar refractivity (Wildman–Crippen MR) is 90.1 cm³/mol. The smallest absolute Gasteiger partial charge is 0.185 e. The average Bonchev–Trinajstić information content (AvgIpc) is 2.49. The third kappa shape index (κ3) is 4.66. The maximum atomic E-state index is 13.7. The second-order valence-corrected chi connectivity index (χ2v) is 8.29. The number of rotatable bonds is 6. The van der Waals surface area contributed by atoms with E-state index in [-0.39, 0.29) is 33.3 Å². The minimum Gasteiger partial charge on any atom is -0.339 e. The molecule has 2 aromatic rings. The molecule has 0 aliphatic heterocycles. The number of quaternary nitrogens is 1. The van der Waals surface area contributed by atoms with E-state index in [0.29, 0.717) is 5.56 Å². The van der Waals surface area contributed by atoms with Crippen molar-refractivity contribution in [2.75, 3.05) is 12.3 Å². The SMILES string of the molecule is C[C@H]([NH2+]CCS(=O)(=O)c1cc(Cl)ccc1Cl)c1ccc(F)cc1F. The molecule has 0 radical (unpaired) electrons. The molecule has 0 aliphatic rings. The number of hydrogen-bond acceptors (Lipinski definition) is 2. The minimum absolute atomic E-state index is 0.0225. The fraction of sp³-hybridized carbons (Fsp3) is 0.250. The summed E-state index contributed by atoms with van der Waals surface area (Å²) in [6, 6.07) is 7.23. The van der Waals surface area contributed by atoms with Crippen LogP contribution in [0.4, 0.5) is 8.78 Å². The van der Waals surface area contributed by atoms with Gasteiger partial charge in [0.1, 0.15) is 23.4 Å². The molecule has 0 aromatic heterocycles. The summed E-state index contributed by atoms with van der Waals surface area (Å²) in [6.07, 6.45) is 0. The Kier molecular flexibility index (Phi) is 6.20. The van der Waals surface area contributed by atoms with Gasteiger partial charge in [-0.25, -0.2) is 17.2 Å². The number of nitrogens with two attached hydrogens (primary N) is 1. The van der Waals surface area contributed by atoms with Crippen LogP contribution < -0.4 is 5.32 Å². The number of benzene rings is 2. The van der Waals surface area contributed by atoms with Crippen molar-refractivity contribution < 1.29 is 22.5 Å².